The Hall–Kier alpha value is -1.13. The van der Waals surface area contributed by atoms with E-state index in [1.807, 2.05) is 12.3 Å². The first-order valence-electron chi connectivity index (χ1n) is 5.84. The van der Waals surface area contributed by atoms with Crippen molar-refractivity contribution < 1.29 is 0 Å². The molecule has 0 aliphatic carbocycles. The summed E-state index contributed by atoms with van der Waals surface area (Å²) in [7, 11) is 2.13. The predicted molar refractivity (Wildman–Crippen MR) is 64.6 cm³/mol. The lowest BCUT2D eigenvalue weighted by Gasteiger charge is -2.23. The van der Waals surface area contributed by atoms with Gasteiger partial charge >= 0.3 is 0 Å². The summed E-state index contributed by atoms with van der Waals surface area (Å²) in [6.07, 6.45) is 3.06. The highest BCUT2D eigenvalue weighted by Gasteiger charge is 2.18. The molecule has 0 amide bonds. The van der Waals surface area contributed by atoms with E-state index in [0.717, 1.165) is 26.2 Å². The van der Waals surface area contributed by atoms with Gasteiger partial charge in [0.15, 0.2) is 0 Å². The van der Waals surface area contributed by atoms with Crippen LogP contribution in [0.5, 0.6) is 0 Å². The van der Waals surface area contributed by atoms with Crippen molar-refractivity contribution in [2.45, 2.75) is 19.0 Å². The Bertz CT molecular complexity index is 382. The third kappa shape index (κ3) is 2.71. The second kappa shape index (κ2) is 5.27. The Morgan fingerprint density at radius 1 is 1.56 bits per heavy atom. The minimum atomic E-state index is 0.0837. The van der Waals surface area contributed by atoms with Crippen LogP contribution in [0.1, 0.15) is 6.42 Å². The molecule has 88 valence electrons. The number of nitrogens with zero attached hydrogens (tertiary/aromatic N) is 2. The molecule has 1 unspecified atom stereocenters. The van der Waals surface area contributed by atoms with Crippen molar-refractivity contribution in [3.63, 3.8) is 0 Å². The molecule has 0 bridgehead atoms. The van der Waals surface area contributed by atoms with Crippen LogP contribution in [0, 0.1) is 0 Å². The molecule has 1 N–H and O–H groups in total. The fourth-order valence-electron chi connectivity index (χ4n) is 2.11. The van der Waals surface area contributed by atoms with Gasteiger partial charge in [-0.1, -0.05) is 6.07 Å². The number of hydrogen-bond acceptors (Lipinski definition) is 3. The van der Waals surface area contributed by atoms with E-state index in [4.69, 9.17) is 0 Å². The molecule has 16 heavy (non-hydrogen) atoms. The molecule has 1 saturated heterocycles. The number of hydrogen-bond donors (Lipinski definition) is 1. The van der Waals surface area contributed by atoms with Crippen LogP contribution in [0.3, 0.4) is 0 Å². The van der Waals surface area contributed by atoms with Gasteiger partial charge in [0.05, 0.1) is 0 Å². The third-order valence-electron chi connectivity index (χ3n) is 3.25. The van der Waals surface area contributed by atoms with Crippen LogP contribution >= 0.6 is 0 Å². The topological polar surface area (TPSA) is 37.3 Å². The van der Waals surface area contributed by atoms with Gasteiger partial charge in [-0.05, 0) is 26.1 Å². The number of likely N-dealkylation sites (N-methyl/N-ethyl adjacent to an activating group) is 1. The third-order valence-corrected chi connectivity index (χ3v) is 3.25. The molecule has 0 radical (unpaired) electrons. The molecular formula is C12H19N3O. The highest BCUT2D eigenvalue weighted by atomic mass is 16.1. The minimum Gasteiger partial charge on any atom is -0.315 e. The first-order valence-corrected chi connectivity index (χ1v) is 5.84. The van der Waals surface area contributed by atoms with Crippen molar-refractivity contribution in [1.29, 1.82) is 0 Å². The van der Waals surface area contributed by atoms with Crippen LogP contribution in [0.2, 0.25) is 0 Å². The van der Waals surface area contributed by atoms with Gasteiger partial charge in [-0.25, -0.2) is 0 Å². The number of aromatic nitrogens is 1. The van der Waals surface area contributed by atoms with Crippen LogP contribution in [-0.2, 0) is 6.54 Å². The van der Waals surface area contributed by atoms with E-state index in [2.05, 4.69) is 17.3 Å². The lowest BCUT2D eigenvalue weighted by atomic mass is 10.2. The van der Waals surface area contributed by atoms with Crippen molar-refractivity contribution in [2.75, 3.05) is 26.7 Å². The van der Waals surface area contributed by atoms with Crippen LogP contribution in [0.4, 0.5) is 0 Å². The zero-order chi connectivity index (χ0) is 11.4. The maximum atomic E-state index is 11.5. The Kier molecular flexibility index (Phi) is 3.74. The van der Waals surface area contributed by atoms with Gasteiger partial charge in [0.1, 0.15) is 0 Å². The fraction of sp³-hybridized carbons (Fsp3) is 0.583. The summed E-state index contributed by atoms with van der Waals surface area (Å²) in [5.74, 6) is 0. The van der Waals surface area contributed by atoms with Gasteiger partial charge < -0.3 is 14.8 Å². The Morgan fingerprint density at radius 2 is 2.44 bits per heavy atom. The van der Waals surface area contributed by atoms with Gasteiger partial charge in [-0.3, -0.25) is 4.79 Å². The lowest BCUT2D eigenvalue weighted by Crippen LogP contribution is -2.36. The maximum absolute atomic E-state index is 11.5. The normalized spacial score (nSPS) is 20.5. The molecule has 0 saturated carbocycles. The molecule has 0 spiro atoms. The highest BCUT2D eigenvalue weighted by molar-refractivity contribution is 4.93. The Labute approximate surface area is 95.9 Å². The number of nitrogens with one attached hydrogen (secondary N) is 1. The van der Waals surface area contributed by atoms with Crippen molar-refractivity contribution in [2.24, 2.45) is 0 Å². The van der Waals surface area contributed by atoms with Crippen molar-refractivity contribution in [1.82, 2.24) is 14.8 Å². The molecule has 2 heterocycles. The van der Waals surface area contributed by atoms with E-state index < -0.39 is 0 Å². The van der Waals surface area contributed by atoms with E-state index in [1.54, 1.807) is 16.7 Å². The lowest BCUT2D eigenvalue weighted by molar-refractivity contribution is 0.246. The molecule has 1 atom stereocenters. The first-order chi connectivity index (χ1) is 7.77. The van der Waals surface area contributed by atoms with E-state index >= 15 is 0 Å². The van der Waals surface area contributed by atoms with E-state index in [1.165, 1.54) is 6.42 Å². The van der Waals surface area contributed by atoms with Gasteiger partial charge in [0.25, 0.3) is 5.56 Å². The van der Waals surface area contributed by atoms with E-state index in [-0.39, 0.29) is 5.56 Å². The van der Waals surface area contributed by atoms with Crippen LogP contribution in [0.25, 0.3) is 0 Å². The zero-order valence-corrected chi connectivity index (χ0v) is 9.72. The summed E-state index contributed by atoms with van der Waals surface area (Å²) >= 11 is 0. The zero-order valence-electron chi connectivity index (χ0n) is 9.72. The molecule has 1 aromatic heterocycles. The number of rotatable bonds is 4. The monoisotopic (exact) mass is 221 g/mol. The predicted octanol–water partition coefficient (Wildman–Crippen LogP) is 0.142. The van der Waals surface area contributed by atoms with E-state index in [0.29, 0.717) is 6.04 Å². The van der Waals surface area contributed by atoms with Crippen LogP contribution in [-0.4, -0.2) is 42.2 Å². The van der Waals surface area contributed by atoms with Crippen molar-refractivity contribution in [3.8, 4) is 0 Å². The van der Waals surface area contributed by atoms with Gasteiger partial charge in [0, 0.05) is 37.9 Å². The Balaban J connectivity index is 1.87. The molecule has 1 aliphatic rings. The number of pyridine rings is 1. The average molecular weight is 221 g/mol. The highest BCUT2D eigenvalue weighted by Crippen LogP contribution is 2.05. The maximum Gasteiger partial charge on any atom is 0.250 e. The van der Waals surface area contributed by atoms with Crippen LogP contribution < -0.4 is 10.9 Å². The molecular weight excluding hydrogens is 202 g/mol. The molecule has 2 rings (SSSR count). The Morgan fingerprint density at radius 3 is 3.12 bits per heavy atom. The summed E-state index contributed by atoms with van der Waals surface area (Å²) in [5, 5.41) is 3.35. The second-order valence-electron chi connectivity index (χ2n) is 4.36. The van der Waals surface area contributed by atoms with Gasteiger partial charge in [0.2, 0.25) is 0 Å². The molecule has 1 aliphatic heterocycles. The van der Waals surface area contributed by atoms with Crippen molar-refractivity contribution >= 4 is 0 Å². The van der Waals surface area contributed by atoms with E-state index in [9.17, 15) is 4.79 Å². The summed E-state index contributed by atoms with van der Waals surface area (Å²) in [5.41, 5.74) is 0.0837. The second-order valence-corrected chi connectivity index (χ2v) is 4.36. The molecule has 4 heteroatoms. The molecule has 4 nitrogen and oxygen atoms in total. The minimum absolute atomic E-state index is 0.0837. The van der Waals surface area contributed by atoms with Crippen LogP contribution in [0.15, 0.2) is 29.2 Å². The standard InChI is InChI=1S/C12H19N3O/c1-14(11-5-6-13-10-11)8-9-15-7-3-2-4-12(15)16/h2-4,7,11,13H,5-6,8-10H2,1H3. The fourth-order valence-corrected chi connectivity index (χ4v) is 2.11. The summed E-state index contributed by atoms with van der Waals surface area (Å²) in [4.78, 5) is 13.8. The summed E-state index contributed by atoms with van der Waals surface area (Å²) in [6, 6.07) is 5.92. The molecule has 0 aromatic carbocycles. The largest absolute Gasteiger partial charge is 0.315 e. The summed E-state index contributed by atoms with van der Waals surface area (Å²) < 4.78 is 1.76. The average Bonchev–Trinajstić information content (AvgIpc) is 2.81. The van der Waals surface area contributed by atoms with Gasteiger partial charge in [-0.15, -0.1) is 0 Å². The first kappa shape index (κ1) is 11.4. The van der Waals surface area contributed by atoms with Crippen molar-refractivity contribution in [3.05, 3.63) is 34.7 Å². The summed E-state index contributed by atoms with van der Waals surface area (Å²) in [6.45, 7) is 3.88. The SMILES string of the molecule is CN(CCn1ccccc1=O)C1CCNC1. The van der Waals surface area contributed by atoms with Gasteiger partial charge in [-0.2, -0.15) is 0 Å². The molecule has 1 fully saturated rings. The molecule has 1 aromatic rings. The smallest absolute Gasteiger partial charge is 0.250 e. The quantitative estimate of drug-likeness (QED) is 0.786.